The first-order chi connectivity index (χ1) is 20.6. The van der Waals surface area contributed by atoms with Crippen molar-refractivity contribution in [2.75, 3.05) is 13.2 Å². The number of carboxylic acid groups (broad SMARTS) is 3. The van der Waals surface area contributed by atoms with Crippen LogP contribution in [-0.2, 0) is 28.8 Å². The fraction of sp³-hybridized carbons (Fsp3) is 0.800. The first-order valence-electron chi connectivity index (χ1n) is 15.7. The average molecular weight is 616 g/mol. The van der Waals surface area contributed by atoms with E-state index >= 15 is 0 Å². The van der Waals surface area contributed by atoms with Gasteiger partial charge in [0.2, 0.25) is 17.7 Å². The summed E-state index contributed by atoms with van der Waals surface area (Å²) in [4.78, 5) is 68.6. The molecule has 0 aromatic rings. The van der Waals surface area contributed by atoms with Crippen LogP contribution in [0.5, 0.6) is 0 Å². The number of hydrogen-bond acceptors (Lipinski definition) is 7. The summed E-state index contributed by atoms with van der Waals surface area (Å²) in [5.74, 6) is -4.65. The predicted molar refractivity (Wildman–Crippen MR) is 159 cm³/mol. The third-order valence-electron chi connectivity index (χ3n) is 7.06. The Balaban J connectivity index is 3.80. The molecule has 0 aliphatic rings. The zero-order valence-corrected chi connectivity index (χ0v) is 25.4. The van der Waals surface area contributed by atoms with E-state index in [2.05, 4.69) is 16.0 Å². The van der Waals surface area contributed by atoms with Crippen LogP contribution in [0.25, 0.3) is 0 Å². The Morgan fingerprint density at radius 1 is 0.465 bits per heavy atom. The minimum atomic E-state index is -1.39. The largest absolute Gasteiger partial charge is 0.481 e. The molecule has 3 amide bonds. The van der Waals surface area contributed by atoms with Crippen molar-refractivity contribution in [1.29, 1.82) is 0 Å². The average Bonchev–Trinajstić information content (AvgIpc) is 2.95. The Labute approximate surface area is 254 Å². The topological polar surface area (TPSA) is 219 Å². The molecule has 0 aliphatic carbocycles. The number of aliphatic carboxylic acids is 3. The van der Waals surface area contributed by atoms with Crippen molar-refractivity contribution in [1.82, 2.24) is 16.0 Å². The van der Waals surface area contributed by atoms with Gasteiger partial charge in [0.25, 0.3) is 0 Å². The van der Waals surface area contributed by atoms with Crippen molar-refractivity contribution in [3.05, 3.63) is 0 Å². The van der Waals surface area contributed by atoms with Gasteiger partial charge in [-0.05, 0) is 25.7 Å². The van der Waals surface area contributed by atoms with Crippen molar-refractivity contribution in [3.8, 4) is 0 Å². The number of carbonyl (C=O) groups is 6. The number of nitrogens with one attached hydrogen (secondary N) is 3. The Morgan fingerprint density at radius 2 is 0.860 bits per heavy atom. The standard InChI is InChI=1S/C30H53N3O10/c34-22-24(30(42)43)33-27(37)17-15-21-31-25(35)20-19-23(29(40)41)32-26(36)16-13-11-9-7-5-3-1-2-4-6-8-10-12-14-18-28(38)39/h23-24,34H,1-22H2,(H,31,35)(H,32,36)(H,33,37)(H,38,39)(H,40,41)(H,42,43)/t23-,24-/m0/s1. The third kappa shape index (κ3) is 25.0. The number of hydrogen-bond donors (Lipinski definition) is 7. The summed E-state index contributed by atoms with van der Waals surface area (Å²) in [5, 5.41) is 42.9. The van der Waals surface area contributed by atoms with Crippen LogP contribution >= 0.6 is 0 Å². The van der Waals surface area contributed by atoms with Gasteiger partial charge >= 0.3 is 17.9 Å². The molecule has 43 heavy (non-hydrogen) atoms. The number of unbranched alkanes of at least 4 members (excludes halogenated alkanes) is 13. The molecule has 0 radical (unpaired) electrons. The zero-order chi connectivity index (χ0) is 32.3. The molecule has 0 rings (SSSR count). The van der Waals surface area contributed by atoms with E-state index in [9.17, 15) is 33.9 Å². The van der Waals surface area contributed by atoms with E-state index in [4.69, 9.17) is 15.3 Å². The maximum absolute atomic E-state index is 12.2. The minimum Gasteiger partial charge on any atom is -0.481 e. The molecule has 2 atom stereocenters. The monoisotopic (exact) mass is 615 g/mol. The number of rotatable bonds is 29. The van der Waals surface area contributed by atoms with Crippen molar-refractivity contribution >= 4 is 35.6 Å². The summed E-state index contributed by atoms with van der Waals surface area (Å²) in [6.07, 6.45) is 15.4. The lowest BCUT2D eigenvalue weighted by Gasteiger charge is -2.14. The molecular weight excluding hydrogens is 562 g/mol. The summed E-state index contributed by atoms with van der Waals surface area (Å²) in [6.45, 7) is -0.602. The molecule has 0 saturated heterocycles. The summed E-state index contributed by atoms with van der Waals surface area (Å²) in [5.41, 5.74) is 0. The molecule has 0 saturated carbocycles. The molecule has 0 spiro atoms. The summed E-state index contributed by atoms with van der Waals surface area (Å²) in [6, 6.07) is -2.56. The summed E-state index contributed by atoms with van der Waals surface area (Å²) >= 11 is 0. The van der Waals surface area contributed by atoms with Crippen molar-refractivity contribution in [2.45, 2.75) is 141 Å². The van der Waals surface area contributed by atoms with Gasteiger partial charge in [0, 0.05) is 32.2 Å². The highest BCUT2D eigenvalue weighted by Crippen LogP contribution is 2.14. The van der Waals surface area contributed by atoms with Crippen molar-refractivity contribution in [2.24, 2.45) is 0 Å². The zero-order valence-electron chi connectivity index (χ0n) is 25.4. The molecule has 0 unspecified atom stereocenters. The molecule has 248 valence electrons. The first-order valence-corrected chi connectivity index (χ1v) is 15.7. The summed E-state index contributed by atoms with van der Waals surface area (Å²) in [7, 11) is 0. The Kier molecular flexibility index (Phi) is 24.4. The minimum absolute atomic E-state index is 0.0568. The molecule has 7 N–H and O–H groups in total. The second kappa shape index (κ2) is 26.4. The predicted octanol–water partition coefficient (Wildman–Crippen LogP) is 3.12. The van der Waals surface area contributed by atoms with Gasteiger partial charge in [0.05, 0.1) is 6.61 Å². The van der Waals surface area contributed by atoms with Gasteiger partial charge in [-0.15, -0.1) is 0 Å². The van der Waals surface area contributed by atoms with Crippen molar-refractivity contribution < 1.29 is 49.2 Å². The molecule has 13 heteroatoms. The van der Waals surface area contributed by atoms with Crippen LogP contribution < -0.4 is 16.0 Å². The molecule has 0 aromatic heterocycles. The number of carboxylic acids is 3. The normalized spacial score (nSPS) is 12.2. The number of carbonyl (C=O) groups excluding carboxylic acids is 3. The Morgan fingerprint density at radius 3 is 1.28 bits per heavy atom. The lowest BCUT2D eigenvalue weighted by atomic mass is 10.0. The highest BCUT2D eigenvalue weighted by Gasteiger charge is 2.21. The molecule has 0 bridgehead atoms. The van der Waals surface area contributed by atoms with Gasteiger partial charge in [-0.3, -0.25) is 19.2 Å². The maximum Gasteiger partial charge on any atom is 0.328 e. The lowest BCUT2D eigenvalue weighted by Crippen LogP contribution is -2.43. The van der Waals surface area contributed by atoms with Crippen LogP contribution in [0.2, 0.25) is 0 Å². The van der Waals surface area contributed by atoms with Crippen LogP contribution in [0.4, 0.5) is 0 Å². The van der Waals surface area contributed by atoms with Crippen LogP contribution in [0.15, 0.2) is 0 Å². The van der Waals surface area contributed by atoms with Crippen LogP contribution in [0, 0.1) is 0 Å². The Hall–Kier alpha value is -3.22. The van der Waals surface area contributed by atoms with Gasteiger partial charge in [0.15, 0.2) is 0 Å². The second-order valence-corrected chi connectivity index (χ2v) is 10.9. The van der Waals surface area contributed by atoms with E-state index in [1.165, 1.54) is 38.5 Å². The van der Waals surface area contributed by atoms with Gasteiger partial charge in [-0.1, -0.05) is 77.0 Å². The van der Waals surface area contributed by atoms with E-state index in [0.717, 1.165) is 44.9 Å². The second-order valence-electron chi connectivity index (χ2n) is 10.9. The molecular formula is C30H53N3O10. The highest BCUT2D eigenvalue weighted by atomic mass is 16.4. The third-order valence-corrected chi connectivity index (χ3v) is 7.06. The smallest absolute Gasteiger partial charge is 0.328 e. The fourth-order valence-electron chi connectivity index (χ4n) is 4.50. The van der Waals surface area contributed by atoms with E-state index < -0.39 is 48.4 Å². The lowest BCUT2D eigenvalue weighted by molar-refractivity contribution is -0.143. The van der Waals surface area contributed by atoms with Gasteiger partial charge in [-0.25, -0.2) is 9.59 Å². The van der Waals surface area contributed by atoms with Crippen molar-refractivity contribution in [3.63, 3.8) is 0 Å². The van der Waals surface area contributed by atoms with Gasteiger partial charge in [-0.2, -0.15) is 0 Å². The highest BCUT2D eigenvalue weighted by molar-refractivity contribution is 5.85. The molecule has 0 aromatic carbocycles. The quantitative estimate of drug-likeness (QED) is 0.0609. The SMILES string of the molecule is O=C(O)CCCCCCCCCCCCCCCCC(=O)N[C@@H](CCC(=O)NCCCC(=O)N[C@@H](CO)C(=O)O)C(=O)O. The van der Waals surface area contributed by atoms with Crippen LogP contribution in [-0.4, -0.2) is 81.3 Å². The fourth-order valence-corrected chi connectivity index (χ4v) is 4.50. The summed E-state index contributed by atoms with van der Waals surface area (Å²) < 4.78 is 0. The van der Waals surface area contributed by atoms with E-state index in [1.54, 1.807) is 0 Å². The molecule has 0 fully saturated rings. The van der Waals surface area contributed by atoms with Gasteiger partial charge in [0.1, 0.15) is 12.1 Å². The molecule has 13 nitrogen and oxygen atoms in total. The number of aliphatic hydroxyl groups excluding tert-OH is 1. The molecule has 0 heterocycles. The number of amides is 3. The molecule has 0 aliphatic heterocycles. The van der Waals surface area contributed by atoms with E-state index in [-0.39, 0.29) is 51.0 Å². The van der Waals surface area contributed by atoms with Gasteiger partial charge < -0.3 is 36.4 Å². The number of aliphatic hydroxyl groups is 1. The Bertz CT molecular complexity index is 837. The van der Waals surface area contributed by atoms with Crippen LogP contribution in [0.3, 0.4) is 0 Å². The van der Waals surface area contributed by atoms with Crippen LogP contribution in [0.1, 0.15) is 128 Å². The first kappa shape index (κ1) is 39.8. The van der Waals surface area contributed by atoms with E-state index in [0.29, 0.717) is 6.42 Å². The van der Waals surface area contributed by atoms with E-state index in [1.807, 2.05) is 0 Å². The maximum atomic E-state index is 12.2.